The highest BCUT2D eigenvalue weighted by atomic mass is 35.5. The van der Waals surface area contributed by atoms with E-state index >= 15 is 0 Å². The Labute approximate surface area is 168 Å². The van der Waals surface area contributed by atoms with Crippen molar-refractivity contribution in [2.45, 2.75) is 0 Å². The second-order valence-corrected chi connectivity index (χ2v) is 6.65. The van der Waals surface area contributed by atoms with Gasteiger partial charge in [0.25, 0.3) is 5.91 Å². The van der Waals surface area contributed by atoms with Crippen LogP contribution in [0.3, 0.4) is 0 Å². The van der Waals surface area contributed by atoms with Crippen molar-refractivity contribution in [2.75, 3.05) is 43.0 Å². The number of piperazine rings is 1. The van der Waals surface area contributed by atoms with Gasteiger partial charge in [0, 0.05) is 31.2 Å². The molecular formula is C20H21ClN4O3. The topological polar surface area (TPSA) is 74.8 Å². The van der Waals surface area contributed by atoms with Crippen molar-refractivity contribution in [2.24, 2.45) is 0 Å². The van der Waals surface area contributed by atoms with Crippen molar-refractivity contribution in [3.63, 3.8) is 0 Å². The lowest BCUT2D eigenvalue weighted by Gasteiger charge is -2.34. The van der Waals surface area contributed by atoms with Gasteiger partial charge in [-0.15, -0.1) is 0 Å². The number of amides is 2. The number of nitrogens with one attached hydrogen (secondary N) is 1. The van der Waals surface area contributed by atoms with E-state index in [4.69, 9.17) is 16.3 Å². The molecule has 1 saturated heterocycles. The molecule has 1 fully saturated rings. The molecule has 28 heavy (non-hydrogen) atoms. The van der Waals surface area contributed by atoms with Gasteiger partial charge in [0.2, 0.25) is 5.91 Å². The maximum Gasteiger partial charge on any atom is 0.262 e. The van der Waals surface area contributed by atoms with Crippen LogP contribution in [0.15, 0.2) is 55.3 Å². The molecule has 1 aromatic heterocycles. The summed E-state index contributed by atoms with van der Waals surface area (Å²) in [5.41, 5.74) is 0.587. The Hall–Kier alpha value is -3.06. The summed E-state index contributed by atoms with van der Waals surface area (Å²) in [6.07, 6.45) is 2.94. The molecule has 2 heterocycles. The number of hydrogen-bond donors (Lipinski definition) is 1. The number of aromatic nitrogens is 1. The summed E-state index contributed by atoms with van der Waals surface area (Å²) in [6.45, 7) is 6.05. The highest BCUT2D eigenvalue weighted by molar-refractivity contribution is 6.30. The third-order valence-electron chi connectivity index (χ3n) is 4.29. The van der Waals surface area contributed by atoms with Crippen LogP contribution in [0.1, 0.15) is 0 Å². The lowest BCUT2D eigenvalue weighted by atomic mass is 10.3. The summed E-state index contributed by atoms with van der Waals surface area (Å²) in [5, 5.41) is 3.29. The second-order valence-electron chi connectivity index (χ2n) is 6.22. The normalized spacial score (nSPS) is 13.8. The fourth-order valence-corrected chi connectivity index (χ4v) is 3.02. The van der Waals surface area contributed by atoms with E-state index in [0.717, 1.165) is 5.82 Å². The third-order valence-corrected chi connectivity index (χ3v) is 4.52. The second kappa shape index (κ2) is 9.23. The van der Waals surface area contributed by atoms with Crippen molar-refractivity contribution in [3.05, 3.63) is 60.3 Å². The first-order valence-corrected chi connectivity index (χ1v) is 9.23. The third kappa shape index (κ3) is 5.23. The van der Waals surface area contributed by atoms with Crippen LogP contribution in [-0.2, 0) is 9.59 Å². The van der Waals surface area contributed by atoms with Crippen LogP contribution >= 0.6 is 11.6 Å². The number of nitrogens with zero attached hydrogens (tertiary/aromatic N) is 3. The van der Waals surface area contributed by atoms with E-state index in [9.17, 15) is 9.59 Å². The molecule has 0 saturated carbocycles. The van der Waals surface area contributed by atoms with Crippen LogP contribution in [0.5, 0.6) is 5.75 Å². The highest BCUT2D eigenvalue weighted by Crippen LogP contribution is 2.18. The zero-order valence-electron chi connectivity index (χ0n) is 15.3. The van der Waals surface area contributed by atoms with Crippen LogP contribution in [-0.4, -0.2) is 54.5 Å². The Morgan fingerprint density at radius 2 is 2.00 bits per heavy atom. The first-order chi connectivity index (χ1) is 13.5. The number of benzene rings is 1. The molecule has 0 bridgehead atoms. The molecule has 0 spiro atoms. The number of halogens is 1. The molecule has 1 aromatic carbocycles. The van der Waals surface area contributed by atoms with Gasteiger partial charge in [0.05, 0.1) is 11.9 Å². The number of ether oxygens (including phenoxy) is 1. The SMILES string of the molecule is C=CC(=O)N1CCN(c2ccc(NC(=O)COc3cccc(Cl)c3)cn2)CC1. The van der Waals surface area contributed by atoms with Crippen LogP contribution in [0.2, 0.25) is 5.02 Å². The van der Waals surface area contributed by atoms with E-state index in [2.05, 4.69) is 21.8 Å². The quantitative estimate of drug-likeness (QED) is 0.754. The Morgan fingerprint density at radius 1 is 1.21 bits per heavy atom. The number of pyridine rings is 1. The Bertz CT molecular complexity index is 849. The number of hydrogen-bond acceptors (Lipinski definition) is 5. The summed E-state index contributed by atoms with van der Waals surface area (Å²) in [4.78, 5) is 31.9. The summed E-state index contributed by atoms with van der Waals surface area (Å²) in [5.74, 6) is 1.00. The average Bonchev–Trinajstić information content (AvgIpc) is 2.72. The van der Waals surface area contributed by atoms with E-state index in [1.165, 1.54) is 6.08 Å². The lowest BCUT2D eigenvalue weighted by molar-refractivity contribution is -0.126. The monoisotopic (exact) mass is 400 g/mol. The van der Waals surface area contributed by atoms with Gasteiger partial charge >= 0.3 is 0 Å². The smallest absolute Gasteiger partial charge is 0.262 e. The van der Waals surface area contributed by atoms with Crippen LogP contribution in [0.4, 0.5) is 11.5 Å². The molecule has 2 aromatic rings. The molecule has 0 radical (unpaired) electrons. The van der Waals surface area contributed by atoms with Gasteiger partial charge in [-0.3, -0.25) is 9.59 Å². The van der Waals surface area contributed by atoms with Crippen molar-refractivity contribution in [1.29, 1.82) is 0 Å². The van der Waals surface area contributed by atoms with Crippen LogP contribution in [0, 0.1) is 0 Å². The average molecular weight is 401 g/mol. The van der Waals surface area contributed by atoms with Gasteiger partial charge < -0.3 is 19.9 Å². The summed E-state index contributed by atoms with van der Waals surface area (Å²) < 4.78 is 5.41. The van der Waals surface area contributed by atoms with Crippen molar-refractivity contribution in [3.8, 4) is 5.75 Å². The van der Waals surface area contributed by atoms with E-state index in [0.29, 0.717) is 42.6 Å². The van der Waals surface area contributed by atoms with Crippen molar-refractivity contribution >= 4 is 34.9 Å². The number of anilines is 2. The van der Waals surface area contributed by atoms with Gasteiger partial charge in [-0.05, 0) is 36.4 Å². The lowest BCUT2D eigenvalue weighted by Crippen LogP contribution is -2.48. The maximum absolute atomic E-state index is 12.0. The van der Waals surface area contributed by atoms with Gasteiger partial charge in [0.15, 0.2) is 6.61 Å². The van der Waals surface area contributed by atoms with Gasteiger partial charge in [-0.25, -0.2) is 4.98 Å². The largest absolute Gasteiger partial charge is 0.484 e. The van der Waals surface area contributed by atoms with E-state index < -0.39 is 0 Å². The molecule has 0 aliphatic carbocycles. The molecule has 0 unspecified atom stereocenters. The van der Waals surface area contributed by atoms with Crippen LogP contribution < -0.4 is 15.0 Å². The number of carbonyl (C=O) groups is 2. The minimum Gasteiger partial charge on any atom is -0.484 e. The van der Waals surface area contributed by atoms with Gasteiger partial charge in [0.1, 0.15) is 11.6 Å². The molecule has 7 nitrogen and oxygen atoms in total. The Morgan fingerprint density at radius 3 is 2.64 bits per heavy atom. The standard InChI is InChI=1S/C20H21ClN4O3/c1-2-20(27)25-10-8-24(9-11-25)18-7-6-16(13-22-18)23-19(26)14-28-17-5-3-4-15(21)12-17/h2-7,12-13H,1,8-11,14H2,(H,23,26). The Balaban J connectivity index is 1.48. The molecule has 1 aliphatic heterocycles. The summed E-state index contributed by atoms with van der Waals surface area (Å²) in [7, 11) is 0. The van der Waals surface area contributed by atoms with Crippen molar-refractivity contribution in [1.82, 2.24) is 9.88 Å². The summed E-state index contributed by atoms with van der Waals surface area (Å²) >= 11 is 5.88. The predicted octanol–water partition coefficient (Wildman–Crippen LogP) is 2.59. The first-order valence-electron chi connectivity index (χ1n) is 8.86. The predicted molar refractivity (Wildman–Crippen MR) is 109 cm³/mol. The fourth-order valence-electron chi connectivity index (χ4n) is 2.83. The highest BCUT2D eigenvalue weighted by Gasteiger charge is 2.20. The van der Waals surface area contributed by atoms with Crippen molar-refractivity contribution < 1.29 is 14.3 Å². The van der Waals surface area contributed by atoms with Crippen LogP contribution in [0.25, 0.3) is 0 Å². The molecule has 2 amide bonds. The number of rotatable bonds is 6. The minimum atomic E-state index is -0.286. The molecule has 3 rings (SSSR count). The number of carbonyl (C=O) groups excluding carboxylic acids is 2. The first kappa shape index (κ1) is 19.7. The zero-order valence-corrected chi connectivity index (χ0v) is 16.1. The maximum atomic E-state index is 12.0. The molecule has 146 valence electrons. The van der Waals surface area contributed by atoms with Gasteiger partial charge in [-0.2, -0.15) is 0 Å². The zero-order chi connectivity index (χ0) is 19.9. The summed E-state index contributed by atoms with van der Waals surface area (Å²) in [6, 6.07) is 10.5. The molecule has 0 atom stereocenters. The fraction of sp³-hybridized carbons (Fsp3) is 0.250. The molecule has 1 aliphatic rings. The Kier molecular flexibility index (Phi) is 6.49. The molecular weight excluding hydrogens is 380 g/mol. The molecule has 1 N–H and O–H groups in total. The molecule has 8 heteroatoms. The van der Waals surface area contributed by atoms with E-state index in [1.807, 2.05) is 6.07 Å². The van der Waals surface area contributed by atoms with E-state index in [1.54, 1.807) is 41.4 Å². The van der Waals surface area contributed by atoms with Gasteiger partial charge in [-0.1, -0.05) is 24.2 Å². The van der Waals surface area contributed by atoms with E-state index in [-0.39, 0.29) is 18.4 Å². The minimum absolute atomic E-state index is 0.0503.